The second-order valence-corrected chi connectivity index (χ2v) is 6.63. The zero-order valence-corrected chi connectivity index (χ0v) is 15.9. The molecule has 2 heterocycles. The number of nitrogens with zero attached hydrogens (tertiary/aromatic N) is 3. The van der Waals surface area contributed by atoms with Gasteiger partial charge in [-0.05, 0) is 48.4 Å². The number of benzene rings is 2. The zero-order chi connectivity index (χ0) is 20.1. The largest absolute Gasteiger partial charge is 0.332 e. The number of aromatic nitrogens is 2. The topological polar surface area (TPSA) is 38.2 Å². The number of halogens is 1. The Morgan fingerprint density at radius 3 is 1.93 bits per heavy atom. The summed E-state index contributed by atoms with van der Waals surface area (Å²) in [5, 5.41) is 0. The molecular formula is C24H20FN3O. The molecule has 4 rings (SSSR count). The molecule has 0 bridgehead atoms. The summed E-state index contributed by atoms with van der Waals surface area (Å²) in [5.74, 6) is 0.196. The molecule has 0 spiro atoms. The Balaban J connectivity index is 1.85. The van der Waals surface area contributed by atoms with Crippen molar-refractivity contribution in [1.29, 1.82) is 0 Å². The van der Waals surface area contributed by atoms with Crippen molar-refractivity contribution in [2.24, 2.45) is 0 Å². The Bertz CT molecular complexity index is 1030. The van der Waals surface area contributed by atoms with Crippen molar-refractivity contribution in [1.82, 2.24) is 9.97 Å². The van der Waals surface area contributed by atoms with Gasteiger partial charge in [-0.25, -0.2) is 0 Å². The van der Waals surface area contributed by atoms with Crippen molar-refractivity contribution >= 4 is 11.4 Å². The van der Waals surface area contributed by atoms with Crippen LogP contribution in [0.4, 0.5) is 15.9 Å². The first-order valence-electron chi connectivity index (χ1n) is 9.36. The van der Waals surface area contributed by atoms with Crippen LogP contribution in [0.2, 0.25) is 0 Å². The molecule has 0 aliphatic heterocycles. The van der Waals surface area contributed by atoms with E-state index in [1.165, 1.54) is 0 Å². The highest BCUT2D eigenvalue weighted by Gasteiger charge is 2.22. The third-order valence-corrected chi connectivity index (χ3v) is 4.91. The maximum Gasteiger partial charge on any atom is 0.179 e. The summed E-state index contributed by atoms with van der Waals surface area (Å²) in [6.07, 6.45) is 7.15. The molecule has 0 saturated heterocycles. The average Bonchev–Trinajstić information content (AvgIpc) is 2.80. The number of pyridine rings is 2. The van der Waals surface area contributed by atoms with Gasteiger partial charge in [-0.3, -0.25) is 14.9 Å². The summed E-state index contributed by atoms with van der Waals surface area (Å²) in [7, 11) is 0. The lowest BCUT2D eigenvalue weighted by atomic mass is 9.93. The smallest absolute Gasteiger partial charge is 0.179 e. The Labute approximate surface area is 169 Å². The summed E-state index contributed by atoms with van der Waals surface area (Å²) in [6.45, 7) is 2.11. The van der Waals surface area contributed by atoms with Crippen LogP contribution < -0.4 is 9.84 Å². The van der Waals surface area contributed by atoms with Crippen LogP contribution in [0.1, 0.15) is 18.5 Å². The summed E-state index contributed by atoms with van der Waals surface area (Å²) >= 11 is 0. The molecule has 4 aromatic rings. The van der Waals surface area contributed by atoms with E-state index in [0.29, 0.717) is 5.56 Å². The van der Waals surface area contributed by atoms with Gasteiger partial charge in [0.25, 0.3) is 0 Å². The second-order valence-electron chi connectivity index (χ2n) is 6.63. The van der Waals surface area contributed by atoms with E-state index in [-0.39, 0.29) is 11.8 Å². The first kappa shape index (κ1) is 18.6. The molecule has 2 aromatic carbocycles. The molecule has 0 aliphatic rings. The Hall–Kier alpha value is -3.73. The highest BCUT2D eigenvalue weighted by Crippen LogP contribution is 2.40. The van der Waals surface area contributed by atoms with E-state index in [2.05, 4.69) is 32.8 Å². The van der Waals surface area contributed by atoms with Crippen molar-refractivity contribution in [3.63, 3.8) is 0 Å². The molecule has 0 radical (unpaired) electrons. The highest BCUT2D eigenvalue weighted by molar-refractivity contribution is 5.75. The van der Waals surface area contributed by atoms with Gasteiger partial charge in [-0.2, -0.15) is 0 Å². The lowest BCUT2D eigenvalue weighted by molar-refractivity contribution is -0.00546. The quantitative estimate of drug-likeness (QED) is 0.390. The standard InChI is InChI=1S/C24H20FN3O/c1-18(28(19-8-6-14-26-16-19)20-9-7-15-27-17-20)21-10-2-3-11-22(21)23-12-4-5-13-24(23)29-25/h2-18H,1H3. The molecule has 29 heavy (non-hydrogen) atoms. The number of rotatable bonds is 6. The molecule has 0 N–H and O–H groups in total. The summed E-state index contributed by atoms with van der Waals surface area (Å²) in [5.41, 5.74) is 4.53. The van der Waals surface area contributed by atoms with Crippen LogP contribution in [0.25, 0.3) is 11.1 Å². The summed E-state index contributed by atoms with van der Waals surface area (Å²) in [4.78, 5) is 14.9. The van der Waals surface area contributed by atoms with Crippen molar-refractivity contribution in [2.45, 2.75) is 13.0 Å². The fourth-order valence-electron chi connectivity index (χ4n) is 3.59. The highest BCUT2D eigenvalue weighted by atomic mass is 19.3. The van der Waals surface area contributed by atoms with Gasteiger partial charge in [0, 0.05) is 22.5 Å². The second kappa shape index (κ2) is 8.52. The number of hydrogen-bond donors (Lipinski definition) is 0. The third kappa shape index (κ3) is 3.80. The third-order valence-electron chi connectivity index (χ3n) is 4.91. The van der Waals surface area contributed by atoms with Crippen molar-refractivity contribution in [2.75, 3.05) is 4.90 Å². The van der Waals surface area contributed by atoms with E-state index >= 15 is 0 Å². The molecule has 4 nitrogen and oxygen atoms in total. The van der Waals surface area contributed by atoms with Crippen molar-refractivity contribution in [3.8, 4) is 16.9 Å². The van der Waals surface area contributed by atoms with Gasteiger partial charge in [-0.15, -0.1) is 0 Å². The Morgan fingerprint density at radius 1 is 0.759 bits per heavy atom. The van der Waals surface area contributed by atoms with Crippen LogP contribution >= 0.6 is 0 Å². The van der Waals surface area contributed by atoms with E-state index < -0.39 is 0 Å². The van der Waals surface area contributed by atoms with Gasteiger partial charge in [0.1, 0.15) is 0 Å². The first-order chi connectivity index (χ1) is 14.3. The fraction of sp³-hybridized carbons (Fsp3) is 0.0833. The molecule has 0 saturated carbocycles. The van der Waals surface area contributed by atoms with Gasteiger partial charge in [0.2, 0.25) is 0 Å². The van der Waals surface area contributed by atoms with Crippen LogP contribution in [0.3, 0.4) is 0 Å². The van der Waals surface area contributed by atoms with Crippen LogP contribution in [-0.4, -0.2) is 9.97 Å². The van der Waals surface area contributed by atoms with Crippen LogP contribution in [-0.2, 0) is 0 Å². The van der Waals surface area contributed by atoms with Crippen molar-refractivity contribution < 1.29 is 9.47 Å². The minimum Gasteiger partial charge on any atom is -0.332 e. The fourth-order valence-corrected chi connectivity index (χ4v) is 3.59. The Morgan fingerprint density at radius 2 is 1.34 bits per heavy atom. The average molecular weight is 385 g/mol. The van der Waals surface area contributed by atoms with Gasteiger partial charge in [-0.1, -0.05) is 42.5 Å². The van der Waals surface area contributed by atoms with Gasteiger partial charge >= 0.3 is 0 Å². The SMILES string of the molecule is CC(c1ccccc1-c1ccccc1OF)N(c1cccnc1)c1cccnc1. The van der Waals surface area contributed by atoms with E-state index in [9.17, 15) is 4.53 Å². The molecule has 0 amide bonds. The molecule has 144 valence electrons. The lowest BCUT2D eigenvalue weighted by Crippen LogP contribution is -2.22. The maximum atomic E-state index is 13.2. The maximum absolute atomic E-state index is 13.2. The lowest BCUT2D eigenvalue weighted by Gasteiger charge is -2.32. The molecule has 2 aromatic heterocycles. The van der Waals surface area contributed by atoms with Gasteiger partial charge in [0.15, 0.2) is 5.75 Å². The molecule has 1 atom stereocenters. The Kier molecular flexibility index (Phi) is 5.47. The monoisotopic (exact) mass is 385 g/mol. The molecule has 5 heteroatoms. The molecule has 0 fully saturated rings. The van der Waals surface area contributed by atoms with Crippen LogP contribution in [0.15, 0.2) is 97.6 Å². The van der Waals surface area contributed by atoms with Gasteiger partial charge in [0.05, 0.1) is 29.8 Å². The zero-order valence-electron chi connectivity index (χ0n) is 15.9. The van der Waals surface area contributed by atoms with Crippen LogP contribution in [0, 0.1) is 0 Å². The minimum absolute atomic E-state index is 0.0766. The summed E-state index contributed by atoms with van der Waals surface area (Å²) < 4.78 is 13.2. The predicted molar refractivity (Wildman–Crippen MR) is 113 cm³/mol. The molecular weight excluding hydrogens is 365 g/mol. The summed E-state index contributed by atoms with van der Waals surface area (Å²) in [6, 6.07) is 22.8. The van der Waals surface area contributed by atoms with E-state index in [4.69, 9.17) is 0 Å². The molecule has 1 unspecified atom stereocenters. The molecule has 0 aliphatic carbocycles. The first-order valence-corrected chi connectivity index (χ1v) is 9.36. The number of para-hydroxylation sites is 1. The van der Waals surface area contributed by atoms with E-state index in [0.717, 1.165) is 22.5 Å². The van der Waals surface area contributed by atoms with E-state index in [1.807, 2.05) is 67.0 Å². The minimum atomic E-state index is -0.0766. The van der Waals surface area contributed by atoms with E-state index in [1.54, 1.807) is 24.5 Å². The number of hydrogen-bond acceptors (Lipinski definition) is 4. The van der Waals surface area contributed by atoms with Crippen LogP contribution in [0.5, 0.6) is 5.75 Å². The van der Waals surface area contributed by atoms with Crippen molar-refractivity contribution in [3.05, 3.63) is 103 Å². The predicted octanol–water partition coefficient (Wildman–Crippen LogP) is 6.31. The normalized spacial score (nSPS) is 11.7. The number of anilines is 2. The van der Waals surface area contributed by atoms with Gasteiger partial charge < -0.3 is 4.90 Å².